The van der Waals surface area contributed by atoms with E-state index in [-0.39, 0.29) is 11.7 Å². The van der Waals surface area contributed by atoms with Crippen molar-refractivity contribution in [2.75, 3.05) is 5.32 Å². The van der Waals surface area contributed by atoms with Crippen LogP contribution in [0, 0.1) is 26.6 Å². The number of hydrogen-bond acceptors (Lipinski definition) is 6. The molecule has 1 N–H and O–H groups in total. The van der Waals surface area contributed by atoms with E-state index in [4.69, 9.17) is 0 Å². The minimum Gasteiger partial charge on any atom is -0.297 e. The Morgan fingerprint density at radius 2 is 1.86 bits per heavy atom. The van der Waals surface area contributed by atoms with Gasteiger partial charge in [0.15, 0.2) is 11.5 Å². The van der Waals surface area contributed by atoms with Crippen molar-refractivity contribution in [3.63, 3.8) is 0 Å². The first-order valence-corrected chi connectivity index (χ1v) is 9.60. The summed E-state index contributed by atoms with van der Waals surface area (Å²) in [7, 11) is 0. The van der Waals surface area contributed by atoms with Crippen molar-refractivity contribution >= 4 is 22.6 Å². The van der Waals surface area contributed by atoms with Crippen molar-refractivity contribution < 1.29 is 9.18 Å². The maximum atomic E-state index is 13.4. The molecule has 0 aliphatic rings. The summed E-state index contributed by atoms with van der Waals surface area (Å²) in [5.41, 5.74) is 4.30. The molecule has 4 rings (SSSR count). The summed E-state index contributed by atoms with van der Waals surface area (Å²) >= 11 is 1.07. The van der Waals surface area contributed by atoms with E-state index in [0.29, 0.717) is 27.9 Å². The van der Waals surface area contributed by atoms with Gasteiger partial charge in [0.2, 0.25) is 5.13 Å². The SMILES string of the molecule is Cc1ccc(C(=O)Nc2nc(-c3nnn(-c4ccc(F)cc4C)c3C)ns2)cc1. The van der Waals surface area contributed by atoms with Crippen molar-refractivity contribution in [3.8, 4) is 17.2 Å². The molecule has 0 spiro atoms. The van der Waals surface area contributed by atoms with Crippen LogP contribution in [0.2, 0.25) is 0 Å². The number of carbonyl (C=O) groups is 1. The van der Waals surface area contributed by atoms with Gasteiger partial charge in [0.1, 0.15) is 5.82 Å². The molecule has 2 heterocycles. The number of aromatic nitrogens is 5. The van der Waals surface area contributed by atoms with Gasteiger partial charge in [-0.3, -0.25) is 10.1 Å². The number of aryl methyl sites for hydroxylation is 2. The molecular formula is C20H17FN6OS. The maximum Gasteiger partial charge on any atom is 0.257 e. The van der Waals surface area contributed by atoms with Gasteiger partial charge in [-0.15, -0.1) is 5.10 Å². The van der Waals surface area contributed by atoms with E-state index in [9.17, 15) is 9.18 Å². The second-order valence-corrected chi connectivity index (χ2v) is 7.36. The Balaban J connectivity index is 1.58. The number of anilines is 1. The summed E-state index contributed by atoms with van der Waals surface area (Å²) < 4.78 is 19.3. The van der Waals surface area contributed by atoms with Crippen LogP contribution < -0.4 is 5.32 Å². The lowest BCUT2D eigenvalue weighted by Crippen LogP contribution is -2.11. The zero-order chi connectivity index (χ0) is 20.5. The van der Waals surface area contributed by atoms with Crippen molar-refractivity contribution in [2.45, 2.75) is 20.8 Å². The number of amides is 1. The monoisotopic (exact) mass is 408 g/mol. The van der Waals surface area contributed by atoms with Crippen LogP contribution in [0.1, 0.15) is 27.2 Å². The van der Waals surface area contributed by atoms with Crippen LogP contribution >= 0.6 is 11.5 Å². The molecule has 0 saturated carbocycles. The fraction of sp³-hybridized carbons (Fsp3) is 0.150. The fourth-order valence-electron chi connectivity index (χ4n) is 2.87. The van der Waals surface area contributed by atoms with Crippen LogP contribution in [0.15, 0.2) is 42.5 Å². The van der Waals surface area contributed by atoms with Crippen LogP contribution in [0.5, 0.6) is 0 Å². The number of nitrogens with one attached hydrogen (secondary N) is 1. The van der Waals surface area contributed by atoms with Crippen molar-refractivity contribution in [1.29, 1.82) is 0 Å². The van der Waals surface area contributed by atoms with Crippen LogP contribution in [-0.2, 0) is 0 Å². The Morgan fingerprint density at radius 3 is 2.59 bits per heavy atom. The van der Waals surface area contributed by atoms with Gasteiger partial charge in [-0.1, -0.05) is 22.9 Å². The molecule has 1 amide bonds. The molecule has 2 aromatic heterocycles. The Hall–Kier alpha value is -3.46. The van der Waals surface area contributed by atoms with E-state index in [0.717, 1.165) is 28.3 Å². The normalized spacial score (nSPS) is 10.9. The first-order valence-electron chi connectivity index (χ1n) is 8.83. The van der Waals surface area contributed by atoms with Gasteiger partial charge in [0, 0.05) is 17.1 Å². The minimum absolute atomic E-state index is 0.255. The second-order valence-electron chi connectivity index (χ2n) is 6.61. The van der Waals surface area contributed by atoms with E-state index in [1.165, 1.54) is 12.1 Å². The Bertz CT molecular complexity index is 1200. The smallest absolute Gasteiger partial charge is 0.257 e. The number of nitrogens with zero attached hydrogens (tertiary/aromatic N) is 5. The highest BCUT2D eigenvalue weighted by Gasteiger charge is 2.18. The molecule has 4 aromatic rings. The molecule has 0 aliphatic heterocycles. The molecule has 0 fully saturated rings. The van der Waals surface area contributed by atoms with Gasteiger partial charge < -0.3 is 0 Å². The lowest BCUT2D eigenvalue weighted by atomic mass is 10.1. The standard InChI is InChI=1S/C20H17FN6OS/c1-11-4-6-14(7-5-11)19(28)23-20-22-18(25-29-20)17-13(3)27(26-24-17)16-9-8-15(21)10-12(16)2/h4-10H,1-3H3,(H,22,23,25,28). The lowest BCUT2D eigenvalue weighted by Gasteiger charge is -2.06. The minimum atomic E-state index is -0.306. The molecule has 9 heteroatoms. The highest BCUT2D eigenvalue weighted by molar-refractivity contribution is 7.10. The summed E-state index contributed by atoms with van der Waals surface area (Å²) in [5, 5.41) is 11.5. The second kappa shape index (κ2) is 7.51. The average molecular weight is 408 g/mol. The molecule has 0 aliphatic carbocycles. The number of carbonyl (C=O) groups excluding carboxylic acids is 1. The van der Waals surface area contributed by atoms with Gasteiger partial charge in [-0.2, -0.15) is 9.36 Å². The van der Waals surface area contributed by atoms with E-state index >= 15 is 0 Å². The topological polar surface area (TPSA) is 85.6 Å². The fourth-order valence-corrected chi connectivity index (χ4v) is 3.43. The third-order valence-corrected chi connectivity index (χ3v) is 5.08. The molecule has 0 unspecified atom stereocenters. The highest BCUT2D eigenvalue weighted by atomic mass is 32.1. The third kappa shape index (κ3) is 3.77. The average Bonchev–Trinajstić information content (AvgIpc) is 3.29. The summed E-state index contributed by atoms with van der Waals surface area (Å²) in [5.74, 6) is -0.188. The van der Waals surface area contributed by atoms with Crippen LogP contribution in [-0.4, -0.2) is 30.3 Å². The quantitative estimate of drug-likeness (QED) is 0.549. The molecule has 7 nitrogen and oxygen atoms in total. The van der Waals surface area contributed by atoms with E-state index in [1.54, 1.807) is 29.8 Å². The van der Waals surface area contributed by atoms with Gasteiger partial charge in [0.05, 0.1) is 11.4 Å². The molecule has 0 saturated heterocycles. The van der Waals surface area contributed by atoms with Gasteiger partial charge in [-0.05, 0) is 56.7 Å². The molecule has 29 heavy (non-hydrogen) atoms. The van der Waals surface area contributed by atoms with E-state index in [2.05, 4.69) is 25.0 Å². The predicted molar refractivity (Wildman–Crippen MR) is 109 cm³/mol. The van der Waals surface area contributed by atoms with E-state index < -0.39 is 0 Å². The van der Waals surface area contributed by atoms with Crippen LogP contribution in [0.25, 0.3) is 17.2 Å². The van der Waals surface area contributed by atoms with Gasteiger partial charge >= 0.3 is 0 Å². The molecule has 2 aromatic carbocycles. The zero-order valence-corrected chi connectivity index (χ0v) is 16.8. The molecule has 0 atom stereocenters. The molecule has 0 bridgehead atoms. The zero-order valence-electron chi connectivity index (χ0n) is 16.0. The number of hydrogen-bond donors (Lipinski definition) is 1. The van der Waals surface area contributed by atoms with Crippen LogP contribution in [0.3, 0.4) is 0 Å². The Morgan fingerprint density at radius 1 is 1.10 bits per heavy atom. The van der Waals surface area contributed by atoms with Crippen LogP contribution in [0.4, 0.5) is 9.52 Å². The summed E-state index contributed by atoms with van der Waals surface area (Å²) in [4.78, 5) is 16.7. The maximum absolute atomic E-state index is 13.4. The Kier molecular flexibility index (Phi) is 4.89. The first kappa shape index (κ1) is 18.9. The van der Waals surface area contributed by atoms with E-state index in [1.807, 2.05) is 26.0 Å². The molecule has 146 valence electrons. The largest absolute Gasteiger partial charge is 0.297 e. The summed E-state index contributed by atoms with van der Waals surface area (Å²) in [6.45, 7) is 5.60. The van der Waals surface area contributed by atoms with Gasteiger partial charge in [0.25, 0.3) is 5.91 Å². The Labute approximate surface area is 170 Å². The number of rotatable bonds is 4. The number of benzene rings is 2. The van der Waals surface area contributed by atoms with Crippen molar-refractivity contribution in [1.82, 2.24) is 24.4 Å². The van der Waals surface area contributed by atoms with Gasteiger partial charge in [-0.25, -0.2) is 9.07 Å². The first-order chi connectivity index (χ1) is 13.9. The number of halogens is 1. The molecule has 0 radical (unpaired) electrons. The summed E-state index contributed by atoms with van der Waals surface area (Å²) in [6, 6.07) is 11.7. The summed E-state index contributed by atoms with van der Waals surface area (Å²) in [6.07, 6.45) is 0. The van der Waals surface area contributed by atoms with Crippen molar-refractivity contribution in [3.05, 3.63) is 70.7 Å². The lowest BCUT2D eigenvalue weighted by molar-refractivity contribution is 0.102. The third-order valence-electron chi connectivity index (χ3n) is 4.45. The molecular weight excluding hydrogens is 391 g/mol. The predicted octanol–water partition coefficient (Wildman–Crippen LogP) is 4.10. The van der Waals surface area contributed by atoms with Crippen molar-refractivity contribution in [2.24, 2.45) is 0 Å². The highest BCUT2D eigenvalue weighted by Crippen LogP contribution is 2.25.